The number of aryl methyl sites for hydroxylation is 1. The van der Waals surface area contributed by atoms with Crippen LogP contribution in [0.2, 0.25) is 0 Å². The quantitative estimate of drug-likeness (QED) is 0.462. The van der Waals surface area contributed by atoms with Crippen molar-refractivity contribution < 1.29 is 24.1 Å². The summed E-state index contributed by atoms with van der Waals surface area (Å²) in [6, 6.07) is 7.75. The molecule has 1 amide bonds. The predicted octanol–water partition coefficient (Wildman–Crippen LogP) is 2.98. The third kappa shape index (κ3) is 4.19. The van der Waals surface area contributed by atoms with Gasteiger partial charge in [0.05, 0.1) is 0 Å². The van der Waals surface area contributed by atoms with E-state index < -0.39 is 0 Å². The van der Waals surface area contributed by atoms with E-state index in [1.165, 1.54) is 19.4 Å². The first-order chi connectivity index (χ1) is 8.58. The van der Waals surface area contributed by atoms with E-state index in [0.29, 0.717) is 5.57 Å². The zero-order valence-electron chi connectivity index (χ0n) is 10.8. The van der Waals surface area contributed by atoms with Gasteiger partial charge < -0.3 is 0 Å². The molecule has 3 heteroatoms. The third-order valence-electron chi connectivity index (χ3n) is 2.47. The molecule has 0 aliphatic rings. The molecule has 1 rings (SSSR count). The molecule has 1 aromatic rings. The summed E-state index contributed by atoms with van der Waals surface area (Å²) in [6.45, 7) is 5.67. The van der Waals surface area contributed by atoms with Gasteiger partial charge in [0.1, 0.15) is 0 Å². The molecule has 0 radical (unpaired) electrons. The summed E-state index contributed by atoms with van der Waals surface area (Å²) >= 11 is 1.36. The number of nitrogens with one attached hydrogen (secondary N) is 1. The third-order valence-corrected chi connectivity index (χ3v) is 2.95. The SMILES string of the molecule is C[C-]=C(C(=O)Nc1cccc(C)c1)C(C)=C[CH]=[W]. The van der Waals surface area contributed by atoms with Crippen LogP contribution in [0.25, 0.3) is 0 Å². The Hall–Kier alpha value is -1.27. The molecule has 1 N–H and O–H groups in total. The van der Waals surface area contributed by atoms with E-state index in [-0.39, 0.29) is 5.91 Å². The number of allylic oxidation sites excluding steroid dienone is 2. The number of benzene rings is 1. The molecule has 0 aliphatic carbocycles. The molecular weight excluding hydrogens is 394 g/mol. The number of amides is 1. The molecule has 94 valence electrons. The molecule has 0 saturated heterocycles. The van der Waals surface area contributed by atoms with Gasteiger partial charge in [0, 0.05) is 0 Å². The summed E-state index contributed by atoms with van der Waals surface area (Å²) in [6.07, 6.45) is 4.89. The summed E-state index contributed by atoms with van der Waals surface area (Å²) in [4.78, 5) is 12.1. The standard InChI is InChI=1S/C15H16NO.W/c1-5-12(4)14(6-2)15(17)16-13-9-7-8-11(3)10-13;/h1,5,7-10H,2-4H3,(H,16,17);/q-1;. The minimum absolute atomic E-state index is 0.117. The van der Waals surface area contributed by atoms with E-state index in [2.05, 4.69) is 11.4 Å². The van der Waals surface area contributed by atoms with Gasteiger partial charge in [-0.1, -0.05) is 0 Å². The molecule has 2 nitrogen and oxygen atoms in total. The number of carbonyl (C=O) groups is 1. The van der Waals surface area contributed by atoms with Crippen molar-refractivity contribution in [3.05, 3.63) is 53.1 Å². The van der Waals surface area contributed by atoms with Gasteiger partial charge in [0.25, 0.3) is 0 Å². The molecule has 18 heavy (non-hydrogen) atoms. The molecular formula is C15H16NOW-. The Morgan fingerprint density at radius 1 is 1.44 bits per heavy atom. The summed E-state index contributed by atoms with van der Waals surface area (Å²) < 4.78 is 1.99. The number of rotatable bonds is 4. The first-order valence-corrected chi connectivity index (χ1v) is 7.33. The second-order valence-electron chi connectivity index (χ2n) is 3.93. The van der Waals surface area contributed by atoms with Gasteiger partial charge >= 0.3 is 119 Å². The van der Waals surface area contributed by atoms with E-state index in [9.17, 15) is 4.79 Å². The molecule has 0 fully saturated rings. The first-order valence-electron chi connectivity index (χ1n) is 5.63. The summed E-state index contributed by atoms with van der Waals surface area (Å²) in [5, 5.41) is 2.89. The Kier molecular flexibility index (Phi) is 5.94. The van der Waals surface area contributed by atoms with Crippen molar-refractivity contribution >= 4 is 16.0 Å². The van der Waals surface area contributed by atoms with Gasteiger partial charge in [0.2, 0.25) is 0 Å². The Labute approximate surface area is 119 Å². The molecule has 0 atom stereocenters. The van der Waals surface area contributed by atoms with Gasteiger partial charge in [-0.3, -0.25) is 0 Å². The maximum atomic E-state index is 12.1. The molecule has 0 bridgehead atoms. The average Bonchev–Trinajstić information content (AvgIpc) is 2.30. The van der Waals surface area contributed by atoms with E-state index in [0.717, 1.165) is 16.8 Å². The Balaban J connectivity index is 2.88. The second kappa shape index (κ2) is 7.23. The Morgan fingerprint density at radius 2 is 2.17 bits per heavy atom. The van der Waals surface area contributed by atoms with E-state index in [1.54, 1.807) is 6.92 Å². The van der Waals surface area contributed by atoms with Crippen LogP contribution in [-0.4, -0.2) is 10.3 Å². The van der Waals surface area contributed by atoms with Crippen molar-refractivity contribution in [3.63, 3.8) is 0 Å². The Bertz CT molecular complexity index is 515. The van der Waals surface area contributed by atoms with Crippen molar-refractivity contribution in [3.8, 4) is 0 Å². The van der Waals surface area contributed by atoms with Crippen LogP contribution in [0.4, 0.5) is 5.69 Å². The van der Waals surface area contributed by atoms with Crippen molar-refractivity contribution in [2.75, 3.05) is 5.32 Å². The van der Waals surface area contributed by atoms with Crippen molar-refractivity contribution in [1.29, 1.82) is 0 Å². The monoisotopic (exact) mass is 410 g/mol. The molecule has 0 spiro atoms. The van der Waals surface area contributed by atoms with Crippen LogP contribution in [0.1, 0.15) is 19.4 Å². The summed E-state index contributed by atoms with van der Waals surface area (Å²) in [7, 11) is 0. The Morgan fingerprint density at radius 3 is 2.72 bits per heavy atom. The number of anilines is 1. The van der Waals surface area contributed by atoms with Gasteiger partial charge in [-0.25, -0.2) is 0 Å². The summed E-state index contributed by atoms with van der Waals surface area (Å²) in [5.74, 6) is -0.117. The molecule has 0 aliphatic heterocycles. The van der Waals surface area contributed by atoms with Crippen molar-refractivity contribution in [2.45, 2.75) is 20.8 Å². The molecule has 0 heterocycles. The second-order valence-corrected chi connectivity index (χ2v) is 4.91. The van der Waals surface area contributed by atoms with Crippen molar-refractivity contribution in [1.82, 2.24) is 0 Å². The fourth-order valence-corrected chi connectivity index (χ4v) is 2.32. The van der Waals surface area contributed by atoms with Gasteiger partial charge in [-0.2, -0.15) is 0 Å². The first kappa shape index (κ1) is 14.8. The predicted molar refractivity (Wildman–Crippen MR) is 72.1 cm³/mol. The van der Waals surface area contributed by atoms with Crippen LogP contribution in [0.3, 0.4) is 0 Å². The van der Waals surface area contributed by atoms with Gasteiger partial charge in [-0.05, 0) is 0 Å². The molecule has 0 aromatic heterocycles. The van der Waals surface area contributed by atoms with Crippen LogP contribution < -0.4 is 5.32 Å². The number of hydrogen-bond acceptors (Lipinski definition) is 1. The maximum absolute atomic E-state index is 12.1. The van der Waals surface area contributed by atoms with E-state index in [1.807, 2.05) is 48.6 Å². The fraction of sp³-hybridized carbons (Fsp3) is 0.200. The molecule has 1 aromatic carbocycles. The van der Waals surface area contributed by atoms with Crippen LogP contribution in [0.15, 0.2) is 41.5 Å². The number of hydrogen-bond donors (Lipinski definition) is 1. The average molecular weight is 410 g/mol. The van der Waals surface area contributed by atoms with Crippen LogP contribution in [-0.2, 0) is 24.1 Å². The summed E-state index contributed by atoms with van der Waals surface area (Å²) in [5.41, 5.74) is 3.45. The van der Waals surface area contributed by atoms with Crippen LogP contribution >= 0.6 is 0 Å². The van der Waals surface area contributed by atoms with Gasteiger partial charge in [-0.15, -0.1) is 0 Å². The van der Waals surface area contributed by atoms with E-state index in [4.69, 9.17) is 0 Å². The molecule has 0 saturated carbocycles. The van der Waals surface area contributed by atoms with Crippen LogP contribution in [0.5, 0.6) is 0 Å². The van der Waals surface area contributed by atoms with Crippen LogP contribution in [0, 0.1) is 13.0 Å². The van der Waals surface area contributed by atoms with Crippen molar-refractivity contribution in [2.24, 2.45) is 0 Å². The number of carbonyl (C=O) groups excluding carboxylic acids is 1. The minimum atomic E-state index is -0.117. The topological polar surface area (TPSA) is 29.1 Å². The normalized spacial score (nSPS) is 12.2. The zero-order valence-corrected chi connectivity index (χ0v) is 13.7. The fourth-order valence-electron chi connectivity index (χ4n) is 1.59. The van der Waals surface area contributed by atoms with E-state index >= 15 is 0 Å². The zero-order chi connectivity index (χ0) is 13.5. The van der Waals surface area contributed by atoms with Gasteiger partial charge in [0.15, 0.2) is 0 Å². The molecule has 0 unspecified atom stereocenters.